The molecule has 0 unspecified atom stereocenters. The Morgan fingerprint density at radius 3 is 2.44 bits per heavy atom. The summed E-state index contributed by atoms with van der Waals surface area (Å²) in [5.74, 6) is -1.13. The highest BCUT2D eigenvalue weighted by Gasteiger charge is 2.35. The lowest BCUT2D eigenvalue weighted by atomic mass is 10.2. The lowest BCUT2D eigenvalue weighted by molar-refractivity contribution is -0.142. The molecule has 0 bridgehead atoms. The first-order valence-corrected chi connectivity index (χ1v) is 3.82. The summed E-state index contributed by atoms with van der Waals surface area (Å²) < 4.78 is 64.2. The normalized spacial score (nSPS) is 11.6. The minimum Gasteiger partial charge on any atom is -0.434 e. The molecule has 0 aromatic carbocycles. The van der Waals surface area contributed by atoms with Gasteiger partial charge in [-0.2, -0.15) is 22.0 Å². The zero-order valence-corrected chi connectivity index (χ0v) is 7.46. The second-order valence-corrected chi connectivity index (χ2v) is 2.60. The SMILES string of the molecule is O=Cc1cc(OC(F)F)c(C(F)(F)F)cn1. The summed E-state index contributed by atoms with van der Waals surface area (Å²) >= 11 is 0. The molecule has 16 heavy (non-hydrogen) atoms. The first-order chi connectivity index (χ1) is 7.34. The molecule has 0 N–H and O–H groups in total. The van der Waals surface area contributed by atoms with Gasteiger partial charge in [0.1, 0.15) is 17.0 Å². The molecule has 0 spiro atoms. The van der Waals surface area contributed by atoms with E-state index in [2.05, 4.69) is 9.72 Å². The zero-order chi connectivity index (χ0) is 12.3. The van der Waals surface area contributed by atoms with Gasteiger partial charge in [0.2, 0.25) is 0 Å². The Labute approximate surface area is 85.8 Å². The third-order valence-corrected chi connectivity index (χ3v) is 1.53. The van der Waals surface area contributed by atoms with Gasteiger partial charge in [0, 0.05) is 12.3 Å². The van der Waals surface area contributed by atoms with E-state index in [9.17, 15) is 26.7 Å². The topological polar surface area (TPSA) is 39.2 Å². The average molecular weight is 241 g/mol. The molecule has 3 nitrogen and oxygen atoms in total. The molecule has 8 heteroatoms. The van der Waals surface area contributed by atoms with E-state index < -0.39 is 29.8 Å². The number of aldehydes is 1. The Morgan fingerprint density at radius 1 is 1.38 bits per heavy atom. The van der Waals surface area contributed by atoms with Gasteiger partial charge in [0.25, 0.3) is 0 Å². The van der Waals surface area contributed by atoms with E-state index in [1.165, 1.54) is 0 Å². The third kappa shape index (κ3) is 2.88. The predicted molar refractivity (Wildman–Crippen MR) is 41.3 cm³/mol. The monoisotopic (exact) mass is 241 g/mol. The van der Waals surface area contributed by atoms with Crippen LogP contribution in [0.2, 0.25) is 0 Å². The van der Waals surface area contributed by atoms with Crippen LogP contribution < -0.4 is 4.74 Å². The number of alkyl halides is 5. The lowest BCUT2D eigenvalue weighted by Gasteiger charge is -2.12. The zero-order valence-electron chi connectivity index (χ0n) is 7.46. The summed E-state index contributed by atoms with van der Waals surface area (Å²) in [6.45, 7) is -3.41. The smallest absolute Gasteiger partial charge is 0.421 e. The van der Waals surface area contributed by atoms with Crippen molar-refractivity contribution in [1.29, 1.82) is 0 Å². The quantitative estimate of drug-likeness (QED) is 0.602. The lowest BCUT2D eigenvalue weighted by Crippen LogP contribution is -2.12. The van der Waals surface area contributed by atoms with Crippen LogP contribution in [0, 0.1) is 0 Å². The Bertz CT molecular complexity index is 391. The van der Waals surface area contributed by atoms with Gasteiger partial charge in [-0.1, -0.05) is 0 Å². The van der Waals surface area contributed by atoms with Crippen LogP contribution in [-0.2, 0) is 6.18 Å². The number of pyridine rings is 1. The number of rotatable bonds is 3. The largest absolute Gasteiger partial charge is 0.434 e. The summed E-state index contributed by atoms with van der Waals surface area (Å²) in [6.07, 6.45) is -4.49. The molecule has 1 aromatic rings. The summed E-state index contributed by atoms with van der Waals surface area (Å²) in [6, 6.07) is 0.502. The third-order valence-electron chi connectivity index (χ3n) is 1.53. The molecular weight excluding hydrogens is 237 g/mol. The van der Waals surface area contributed by atoms with Crippen molar-refractivity contribution in [1.82, 2.24) is 4.98 Å². The Morgan fingerprint density at radius 2 is 2.00 bits per heavy atom. The van der Waals surface area contributed by atoms with Gasteiger partial charge in [-0.15, -0.1) is 0 Å². The molecule has 0 aliphatic rings. The number of hydrogen-bond donors (Lipinski definition) is 0. The van der Waals surface area contributed by atoms with Crippen LogP contribution in [0.1, 0.15) is 16.1 Å². The summed E-state index contributed by atoms with van der Waals surface area (Å²) in [7, 11) is 0. The van der Waals surface area contributed by atoms with E-state index in [1.54, 1.807) is 0 Å². The highest BCUT2D eigenvalue weighted by Crippen LogP contribution is 2.36. The molecule has 0 fully saturated rings. The van der Waals surface area contributed by atoms with Crippen molar-refractivity contribution in [2.24, 2.45) is 0 Å². The Kier molecular flexibility index (Phi) is 3.41. The van der Waals surface area contributed by atoms with Crippen molar-refractivity contribution >= 4 is 6.29 Å². The number of carbonyl (C=O) groups excluding carboxylic acids is 1. The fourth-order valence-electron chi connectivity index (χ4n) is 0.923. The molecule has 1 heterocycles. The van der Waals surface area contributed by atoms with Gasteiger partial charge < -0.3 is 4.74 Å². The fourth-order valence-corrected chi connectivity index (χ4v) is 0.923. The summed E-state index contributed by atoms with van der Waals surface area (Å²) in [4.78, 5) is 13.3. The van der Waals surface area contributed by atoms with Crippen LogP contribution in [0.4, 0.5) is 22.0 Å². The first kappa shape index (κ1) is 12.3. The number of carbonyl (C=O) groups is 1. The van der Waals surface area contributed by atoms with E-state index in [-0.39, 0.29) is 12.5 Å². The van der Waals surface area contributed by atoms with E-state index in [1.807, 2.05) is 0 Å². The molecule has 0 aliphatic heterocycles. The van der Waals surface area contributed by atoms with E-state index >= 15 is 0 Å². The van der Waals surface area contributed by atoms with E-state index in [4.69, 9.17) is 0 Å². The van der Waals surface area contributed by atoms with E-state index in [0.717, 1.165) is 0 Å². The number of hydrogen-bond acceptors (Lipinski definition) is 3. The summed E-state index contributed by atoms with van der Waals surface area (Å²) in [5.41, 5.74) is -1.89. The van der Waals surface area contributed by atoms with Gasteiger partial charge in [-0.25, -0.2) is 0 Å². The van der Waals surface area contributed by atoms with Crippen molar-refractivity contribution in [3.63, 3.8) is 0 Å². The number of halogens is 5. The molecule has 1 rings (SSSR count). The van der Waals surface area contributed by atoms with Crippen LogP contribution in [-0.4, -0.2) is 17.9 Å². The van der Waals surface area contributed by atoms with Crippen molar-refractivity contribution in [2.75, 3.05) is 0 Å². The average Bonchev–Trinajstić information content (AvgIpc) is 2.14. The van der Waals surface area contributed by atoms with Crippen LogP contribution in [0.15, 0.2) is 12.3 Å². The van der Waals surface area contributed by atoms with Crippen LogP contribution in [0.3, 0.4) is 0 Å². The maximum absolute atomic E-state index is 12.3. The minimum absolute atomic E-state index is 0.123. The highest BCUT2D eigenvalue weighted by atomic mass is 19.4. The molecule has 88 valence electrons. The van der Waals surface area contributed by atoms with Gasteiger partial charge in [0.15, 0.2) is 6.29 Å². The Hall–Kier alpha value is -1.73. The molecule has 0 radical (unpaired) electrons. The van der Waals surface area contributed by atoms with E-state index in [0.29, 0.717) is 6.07 Å². The van der Waals surface area contributed by atoms with Crippen molar-refractivity contribution in [3.8, 4) is 5.75 Å². The summed E-state index contributed by atoms with van der Waals surface area (Å²) in [5, 5.41) is 0. The molecule has 0 saturated heterocycles. The van der Waals surface area contributed by atoms with Crippen LogP contribution in [0.5, 0.6) is 5.75 Å². The van der Waals surface area contributed by atoms with Crippen molar-refractivity contribution in [2.45, 2.75) is 12.8 Å². The van der Waals surface area contributed by atoms with Crippen molar-refractivity contribution in [3.05, 3.63) is 23.5 Å². The molecule has 0 amide bonds. The standard InChI is InChI=1S/C8H4F5NO2/c9-7(10)16-6-1-4(3-15)14-2-5(6)8(11,12)13/h1-3,7H. The van der Waals surface area contributed by atoms with Crippen molar-refractivity contribution < 1.29 is 31.5 Å². The number of nitrogens with zero attached hydrogens (tertiary/aromatic N) is 1. The molecule has 0 saturated carbocycles. The minimum atomic E-state index is -4.88. The van der Waals surface area contributed by atoms with Gasteiger partial charge in [-0.05, 0) is 0 Å². The molecule has 0 atom stereocenters. The maximum Gasteiger partial charge on any atom is 0.421 e. The number of ether oxygens (including phenoxy) is 1. The predicted octanol–water partition coefficient (Wildman–Crippen LogP) is 2.51. The molecule has 0 aliphatic carbocycles. The molecular formula is C8H4F5NO2. The fraction of sp³-hybridized carbons (Fsp3) is 0.250. The van der Waals surface area contributed by atoms with Gasteiger partial charge >= 0.3 is 12.8 Å². The van der Waals surface area contributed by atoms with Crippen LogP contribution >= 0.6 is 0 Å². The first-order valence-electron chi connectivity index (χ1n) is 3.82. The maximum atomic E-state index is 12.3. The highest BCUT2D eigenvalue weighted by molar-refractivity contribution is 5.72. The van der Waals surface area contributed by atoms with Crippen LogP contribution in [0.25, 0.3) is 0 Å². The molecule has 1 aromatic heterocycles. The Balaban J connectivity index is 3.21. The second-order valence-electron chi connectivity index (χ2n) is 2.60. The van der Waals surface area contributed by atoms with Gasteiger partial charge in [0.05, 0.1) is 0 Å². The van der Waals surface area contributed by atoms with Gasteiger partial charge in [-0.3, -0.25) is 9.78 Å². The second kappa shape index (κ2) is 4.42. The number of aromatic nitrogens is 1.